The van der Waals surface area contributed by atoms with Crippen LogP contribution in [0.1, 0.15) is 35.9 Å². The van der Waals surface area contributed by atoms with Crippen LogP contribution in [0.15, 0.2) is 6.20 Å². The monoisotopic (exact) mass is 223 g/mol. The summed E-state index contributed by atoms with van der Waals surface area (Å²) in [6.07, 6.45) is 1.26. The summed E-state index contributed by atoms with van der Waals surface area (Å²) in [5, 5.41) is 13.4. The topological polar surface area (TPSA) is 58.4 Å². The van der Waals surface area contributed by atoms with Crippen molar-refractivity contribution < 1.29 is 9.90 Å². The molecule has 2 heterocycles. The maximum absolute atomic E-state index is 12.0. The molecule has 1 N–H and O–H groups in total. The molecule has 0 spiro atoms. The Kier molecular flexibility index (Phi) is 2.71. The summed E-state index contributed by atoms with van der Waals surface area (Å²) in [4.78, 5) is 13.6. The van der Waals surface area contributed by atoms with Crippen molar-refractivity contribution in [2.45, 2.75) is 32.9 Å². The number of rotatable bonds is 2. The molecule has 2 rings (SSSR count). The van der Waals surface area contributed by atoms with E-state index in [1.54, 1.807) is 11.1 Å². The molecule has 0 bridgehead atoms. The van der Waals surface area contributed by atoms with Gasteiger partial charge in [0, 0.05) is 24.8 Å². The molecule has 0 saturated carbocycles. The second-order valence-electron chi connectivity index (χ2n) is 4.55. The summed E-state index contributed by atoms with van der Waals surface area (Å²) in [7, 11) is 0. The van der Waals surface area contributed by atoms with E-state index in [9.17, 15) is 4.79 Å². The van der Waals surface area contributed by atoms with Crippen LogP contribution in [0, 0.1) is 6.92 Å². The number of nitrogens with zero attached hydrogens (tertiary/aromatic N) is 3. The zero-order chi connectivity index (χ0) is 11.9. The number of amides is 1. The summed E-state index contributed by atoms with van der Waals surface area (Å²) < 4.78 is 1.84. The molecule has 0 aliphatic carbocycles. The second-order valence-corrected chi connectivity index (χ2v) is 4.55. The Hall–Kier alpha value is -1.36. The number of carbonyl (C=O) groups excluding carboxylic acids is 1. The van der Waals surface area contributed by atoms with Crippen molar-refractivity contribution >= 4 is 5.91 Å². The predicted octanol–water partition coefficient (Wildman–Crippen LogP) is 0.589. The first-order valence-corrected chi connectivity index (χ1v) is 5.52. The summed E-state index contributed by atoms with van der Waals surface area (Å²) in [5.74, 6) is -0.0327. The van der Waals surface area contributed by atoms with Crippen molar-refractivity contribution in [1.29, 1.82) is 0 Å². The lowest BCUT2D eigenvalue weighted by molar-refractivity contribution is 0.00583. The number of hydrogen-bond donors (Lipinski definition) is 1. The maximum atomic E-state index is 12.0. The highest BCUT2D eigenvalue weighted by Gasteiger charge is 2.31. The van der Waals surface area contributed by atoms with Crippen LogP contribution in [0.4, 0.5) is 0 Å². The average molecular weight is 223 g/mol. The number of aliphatic hydroxyl groups excluding tert-OH is 1. The number of carbonyl (C=O) groups is 1. The highest BCUT2D eigenvalue weighted by molar-refractivity contribution is 5.95. The van der Waals surface area contributed by atoms with Gasteiger partial charge in [-0.1, -0.05) is 0 Å². The lowest BCUT2D eigenvalue weighted by Gasteiger charge is -2.35. The van der Waals surface area contributed by atoms with Crippen molar-refractivity contribution in [3.63, 3.8) is 0 Å². The van der Waals surface area contributed by atoms with E-state index < -0.39 is 0 Å². The first kappa shape index (κ1) is 11.1. The van der Waals surface area contributed by atoms with E-state index in [0.717, 1.165) is 5.69 Å². The van der Waals surface area contributed by atoms with E-state index in [1.807, 2.05) is 25.5 Å². The quantitative estimate of drug-likeness (QED) is 0.798. The largest absolute Gasteiger partial charge is 0.389 e. The lowest BCUT2D eigenvalue weighted by atomic mass is 10.1. The minimum atomic E-state index is -0.357. The molecule has 1 aromatic heterocycles. The molecule has 5 heteroatoms. The van der Waals surface area contributed by atoms with Crippen LogP contribution in [-0.4, -0.2) is 44.9 Å². The molecule has 0 atom stereocenters. The summed E-state index contributed by atoms with van der Waals surface area (Å²) >= 11 is 0. The highest BCUT2D eigenvalue weighted by Crippen LogP contribution is 2.18. The van der Waals surface area contributed by atoms with Gasteiger partial charge in [0.05, 0.1) is 17.9 Å². The predicted molar refractivity (Wildman–Crippen MR) is 59.3 cm³/mol. The van der Waals surface area contributed by atoms with Crippen molar-refractivity contribution in [2.75, 3.05) is 13.1 Å². The second kappa shape index (κ2) is 3.90. The van der Waals surface area contributed by atoms with Crippen molar-refractivity contribution in [2.24, 2.45) is 0 Å². The van der Waals surface area contributed by atoms with Gasteiger partial charge in [-0.05, 0) is 20.8 Å². The Morgan fingerprint density at radius 2 is 2.19 bits per heavy atom. The first-order chi connectivity index (χ1) is 7.50. The van der Waals surface area contributed by atoms with Gasteiger partial charge in [0.25, 0.3) is 5.91 Å². The SMILES string of the molecule is Cc1c(C(=O)N2CC(O)C2)cnn1C(C)C. The van der Waals surface area contributed by atoms with Gasteiger partial charge >= 0.3 is 0 Å². The van der Waals surface area contributed by atoms with Crippen LogP contribution in [0.2, 0.25) is 0 Å². The molecule has 5 nitrogen and oxygen atoms in total. The van der Waals surface area contributed by atoms with Gasteiger partial charge in [0.15, 0.2) is 0 Å². The van der Waals surface area contributed by atoms with E-state index in [1.165, 1.54) is 0 Å². The molecule has 16 heavy (non-hydrogen) atoms. The highest BCUT2D eigenvalue weighted by atomic mass is 16.3. The van der Waals surface area contributed by atoms with Crippen LogP contribution < -0.4 is 0 Å². The van der Waals surface area contributed by atoms with Gasteiger partial charge < -0.3 is 10.0 Å². The summed E-state index contributed by atoms with van der Waals surface area (Å²) in [5.41, 5.74) is 1.53. The van der Waals surface area contributed by atoms with Crippen LogP contribution in [0.5, 0.6) is 0 Å². The van der Waals surface area contributed by atoms with Crippen LogP contribution in [0.3, 0.4) is 0 Å². The minimum Gasteiger partial charge on any atom is -0.389 e. The molecular formula is C11H17N3O2. The zero-order valence-corrected chi connectivity index (χ0v) is 9.84. The van der Waals surface area contributed by atoms with Crippen LogP contribution in [-0.2, 0) is 0 Å². The molecule has 1 aliphatic heterocycles. The summed E-state index contributed by atoms with van der Waals surface area (Å²) in [6.45, 7) is 6.83. The Morgan fingerprint density at radius 3 is 2.62 bits per heavy atom. The van der Waals surface area contributed by atoms with Gasteiger partial charge in [-0.25, -0.2) is 0 Å². The van der Waals surface area contributed by atoms with E-state index in [2.05, 4.69) is 5.10 Å². The van der Waals surface area contributed by atoms with Gasteiger partial charge in [0.2, 0.25) is 0 Å². The lowest BCUT2D eigenvalue weighted by Crippen LogP contribution is -2.53. The molecule has 0 unspecified atom stereocenters. The molecule has 0 aromatic carbocycles. The fourth-order valence-electron chi connectivity index (χ4n) is 1.95. The Bertz CT molecular complexity index is 405. The van der Waals surface area contributed by atoms with Crippen molar-refractivity contribution in [3.05, 3.63) is 17.5 Å². The van der Waals surface area contributed by atoms with Gasteiger partial charge in [-0.2, -0.15) is 5.10 Å². The third-order valence-corrected chi connectivity index (χ3v) is 2.91. The fraction of sp³-hybridized carbons (Fsp3) is 0.636. The molecular weight excluding hydrogens is 206 g/mol. The Morgan fingerprint density at radius 1 is 1.56 bits per heavy atom. The molecule has 1 aliphatic rings. The third-order valence-electron chi connectivity index (χ3n) is 2.91. The van der Waals surface area contributed by atoms with Crippen LogP contribution in [0.25, 0.3) is 0 Å². The standard InChI is InChI=1S/C11H17N3O2/c1-7(2)14-8(3)10(4-12-14)11(16)13-5-9(15)6-13/h4,7,9,15H,5-6H2,1-3H3. The average Bonchev–Trinajstić information content (AvgIpc) is 2.54. The molecule has 1 fully saturated rings. The summed E-state index contributed by atoms with van der Waals surface area (Å²) in [6, 6.07) is 0.253. The Labute approximate surface area is 94.7 Å². The Balaban J connectivity index is 2.18. The first-order valence-electron chi connectivity index (χ1n) is 5.52. The van der Waals surface area contributed by atoms with Gasteiger partial charge in [0.1, 0.15) is 0 Å². The fourth-order valence-corrected chi connectivity index (χ4v) is 1.95. The van der Waals surface area contributed by atoms with Gasteiger partial charge in [-0.3, -0.25) is 9.48 Å². The van der Waals surface area contributed by atoms with Gasteiger partial charge in [-0.15, -0.1) is 0 Å². The molecule has 1 saturated heterocycles. The van der Waals surface area contributed by atoms with Crippen molar-refractivity contribution in [1.82, 2.24) is 14.7 Å². The number of aromatic nitrogens is 2. The minimum absolute atomic E-state index is 0.0327. The van der Waals surface area contributed by atoms with E-state index in [4.69, 9.17) is 5.11 Å². The molecule has 0 radical (unpaired) electrons. The number of likely N-dealkylation sites (tertiary alicyclic amines) is 1. The maximum Gasteiger partial charge on any atom is 0.257 e. The van der Waals surface area contributed by atoms with E-state index in [0.29, 0.717) is 18.7 Å². The molecule has 88 valence electrons. The molecule has 1 amide bonds. The zero-order valence-electron chi connectivity index (χ0n) is 9.84. The number of aliphatic hydroxyl groups is 1. The molecule has 1 aromatic rings. The number of hydrogen-bond acceptors (Lipinski definition) is 3. The third kappa shape index (κ3) is 1.71. The smallest absolute Gasteiger partial charge is 0.257 e. The number of β-amino-alcohol motifs (C(OH)–C–C–N with tert-alkyl or cyclic N) is 1. The van der Waals surface area contributed by atoms with E-state index in [-0.39, 0.29) is 18.1 Å². The van der Waals surface area contributed by atoms with Crippen LogP contribution >= 0.6 is 0 Å². The normalized spacial score (nSPS) is 16.7. The van der Waals surface area contributed by atoms with E-state index >= 15 is 0 Å². The van der Waals surface area contributed by atoms with Crippen molar-refractivity contribution in [3.8, 4) is 0 Å².